The molecular weight excluding hydrogens is 220 g/mol. The molecule has 2 aliphatic rings. The average molecular weight is 252 g/mol. The van der Waals surface area contributed by atoms with Crippen molar-refractivity contribution in [3.63, 3.8) is 0 Å². The quantitative estimate of drug-likeness (QED) is 0.707. The van der Waals surface area contributed by atoms with Crippen molar-refractivity contribution in [1.82, 2.24) is 9.80 Å². The molecule has 0 N–H and O–H groups in total. The van der Waals surface area contributed by atoms with Crippen molar-refractivity contribution in [3.05, 3.63) is 0 Å². The summed E-state index contributed by atoms with van der Waals surface area (Å²) < 4.78 is 0. The van der Waals surface area contributed by atoms with Gasteiger partial charge >= 0.3 is 0 Å². The summed E-state index contributed by atoms with van der Waals surface area (Å²) in [5.74, 6) is 1.97. The predicted octanol–water partition coefficient (Wildman–Crippen LogP) is 3.23. The van der Waals surface area contributed by atoms with Gasteiger partial charge in [-0.15, -0.1) is 0 Å². The van der Waals surface area contributed by atoms with E-state index in [0.717, 1.165) is 11.8 Å². The third-order valence-corrected chi connectivity index (χ3v) is 5.01. The Hall–Kier alpha value is -0.0800. The number of hydrogen-bond acceptors (Lipinski definition) is 2. The monoisotopic (exact) mass is 252 g/mol. The standard InChI is InChI=1S/C16H32N2/c1-15(2,3)17-9-7-13(8-10-17)14-11-18(12-14)16(4,5)6/h13-14H,7-12H2,1-6H3. The van der Waals surface area contributed by atoms with Gasteiger partial charge < -0.3 is 0 Å². The molecule has 0 spiro atoms. The van der Waals surface area contributed by atoms with Gasteiger partial charge in [-0.1, -0.05) is 0 Å². The Balaban J connectivity index is 1.76. The van der Waals surface area contributed by atoms with Crippen molar-refractivity contribution in [3.8, 4) is 0 Å². The Morgan fingerprint density at radius 1 is 0.667 bits per heavy atom. The average Bonchev–Trinajstić information content (AvgIpc) is 2.12. The summed E-state index contributed by atoms with van der Waals surface area (Å²) in [6.45, 7) is 19.3. The molecule has 0 unspecified atom stereocenters. The van der Waals surface area contributed by atoms with Crippen molar-refractivity contribution in [2.75, 3.05) is 26.2 Å². The zero-order valence-electron chi connectivity index (χ0n) is 13.3. The van der Waals surface area contributed by atoms with E-state index < -0.39 is 0 Å². The first-order valence-electron chi connectivity index (χ1n) is 7.68. The first-order chi connectivity index (χ1) is 8.18. The second-order valence-corrected chi connectivity index (χ2v) is 8.33. The zero-order valence-corrected chi connectivity index (χ0v) is 13.3. The van der Waals surface area contributed by atoms with Gasteiger partial charge in [0.2, 0.25) is 0 Å². The zero-order chi connectivity index (χ0) is 13.6. The van der Waals surface area contributed by atoms with E-state index in [1.807, 2.05) is 0 Å². The molecule has 106 valence electrons. The fourth-order valence-corrected chi connectivity index (χ4v) is 3.40. The first-order valence-corrected chi connectivity index (χ1v) is 7.68. The van der Waals surface area contributed by atoms with E-state index in [1.165, 1.54) is 39.0 Å². The summed E-state index contributed by atoms with van der Waals surface area (Å²) >= 11 is 0. The second kappa shape index (κ2) is 4.79. The first kappa shape index (κ1) is 14.3. The van der Waals surface area contributed by atoms with Crippen LogP contribution in [0.5, 0.6) is 0 Å². The van der Waals surface area contributed by atoms with Gasteiger partial charge in [-0.05, 0) is 79.3 Å². The molecule has 18 heavy (non-hydrogen) atoms. The van der Waals surface area contributed by atoms with Crippen LogP contribution in [0.1, 0.15) is 54.4 Å². The van der Waals surface area contributed by atoms with Gasteiger partial charge in [0.1, 0.15) is 0 Å². The van der Waals surface area contributed by atoms with Gasteiger partial charge in [0.05, 0.1) is 0 Å². The lowest BCUT2D eigenvalue weighted by molar-refractivity contribution is -0.0345. The normalized spacial score (nSPS) is 26.3. The molecule has 0 saturated carbocycles. The van der Waals surface area contributed by atoms with Crippen LogP contribution >= 0.6 is 0 Å². The molecule has 0 bridgehead atoms. The van der Waals surface area contributed by atoms with E-state index >= 15 is 0 Å². The Labute approximate surface area is 114 Å². The summed E-state index contributed by atoms with van der Waals surface area (Å²) in [5.41, 5.74) is 0.741. The summed E-state index contributed by atoms with van der Waals surface area (Å²) in [6, 6.07) is 0. The van der Waals surface area contributed by atoms with Gasteiger partial charge in [0, 0.05) is 24.2 Å². The fraction of sp³-hybridized carbons (Fsp3) is 1.00. The molecule has 2 saturated heterocycles. The van der Waals surface area contributed by atoms with E-state index in [2.05, 4.69) is 51.3 Å². The molecule has 2 heteroatoms. The Morgan fingerprint density at radius 3 is 1.50 bits per heavy atom. The number of rotatable bonds is 1. The molecule has 0 aromatic carbocycles. The Bertz CT molecular complexity index is 270. The van der Waals surface area contributed by atoms with Crippen molar-refractivity contribution in [2.45, 2.75) is 65.5 Å². The highest BCUT2D eigenvalue weighted by molar-refractivity contribution is 4.94. The van der Waals surface area contributed by atoms with Crippen molar-refractivity contribution < 1.29 is 0 Å². The second-order valence-electron chi connectivity index (χ2n) is 8.33. The van der Waals surface area contributed by atoms with Crippen LogP contribution in [0.4, 0.5) is 0 Å². The van der Waals surface area contributed by atoms with Crippen molar-refractivity contribution in [2.24, 2.45) is 11.8 Å². The van der Waals surface area contributed by atoms with E-state index in [9.17, 15) is 0 Å². The highest BCUT2D eigenvalue weighted by atomic mass is 15.2. The van der Waals surface area contributed by atoms with Crippen LogP contribution in [-0.4, -0.2) is 47.1 Å². The molecule has 2 rings (SSSR count). The number of likely N-dealkylation sites (tertiary alicyclic amines) is 2. The molecular formula is C16H32N2. The Kier molecular flexibility index (Phi) is 3.81. The molecule has 2 nitrogen and oxygen atoms in total. The molecule has 0 aromatic rings. The molecule has 0 atom stereocenters. The largest absolute Gasteiger partial charge is 0.298 e. The van der Waals surface area contributed by atoms with Crippen molar-refractivity contribution >= 4 is 0 Å². The fourth-order valence-electron chi connectivity index (χ4n) is 3.40. The number of hydrogen-bond donors (Lipinski definition) is 0. The summed E-state index contributed by atoms with van der Waals surface area (Å²) in [7, 11) is 0. The minimum Gasteiger partial charge on any atom is -0.298 e. The van der Waals surface area contributed by atoms with Gasteiger partial charge in [0.25, 0.3) is 0 Å². The van der Waals surface area contributed by atoms with Crippen LogP contribution in [0.2, 0.25) is 0 Å². The SMILES string of the molecule is CC(C)(C)N1CCC(C2CN(C(C)(C)C)C2)CC1. The maximum atomic E-state index is 2.66. The van der Waals surface area contributed by atoms with Crippen LogP contribution in [0.3, 0.4) is 0 Å². The lowest BCUT2D eigenvalue weighted by Gasteiger charge is -2.52. The lowest BCUT2D eigenvalue weighted by atomic mass is 9.77. The van der Waals surface area contributed by atoms with Gasteiger partial charge in [0.15, 0.2) is 0 Å². The van der Waals surface area contributed by atoms with Gasteiger partial charge in [-0.3, -0.25) is 9.80 Å². The highest BCUT2D eigenvalue weighted by Gasteiger charge is 2.40. The smallest absolute Gasteiger partial charge is 0.0125 e. The summed E-state index contributed by atoms with van der Waals surface area (Å²) in [5, 5.41) is 0. The molecule has 2 aliphatic heterocycles. The van der Waals surface area contributed by atoms with E-state index in [4.69, 9.17) is 0 Å². The molecule has 2 fully saturated rings. The van der Waals surface area contributed by atoms with Crippen molar-refractivity contribution in [1.29, 1.82) is 0 Å². The lowest BCUT2D eigenvalue weighted by Crippen LogP contribution is -2.59. The minimum atomic E-state index is 0.363. The maximum Gasteiger partial charge on any atom is 0.0125 e. The Morgan fingerprint density at radius 2 is 1.11 bits per heavy atom. The molecule has 0 amide bonds. The van der Waals surface area contributed by atoms with E-state index in [0.29, 0.717) is 11.1 Å². The third kappa shape index (κ3) is 3.08. The van der Waals surface area contributed by atoms with E-state index in [1.54, 1.807) is 0 Å². The summed E-state index contributed by atoms with van der Waals surface area (Å²) in [4.78, 5) is 5.29. The predicted molar refractivity (Wildman–Crippen MR) is 78.9 cm³/mol. The van der Waals surface area contributed by atoms with Crippen LogP contribution in [0.25, 0.3) is 0 Å². The van der Waals surface area contributed by atoms with Gasteiger partial charge in [-0.25, -0.2) is 0 Å². The number of nitrogens with zero attached hydrogens (tertiary/aromatic N) is 2. The number of piperidine rings is 1. The molecule has 2 heterocycles. The minimum absolute atomic E-state index is 0.363. The highest BCUT2D eigenvalue weighted by Crippen LogP contribution is 2.36. The van der Waals surface area contributed by atoms with Crippen LogP contribution in [-0.2, 0) is 0 Å². The van der Waals surface area contributed by atoms with Crippen LogP contribution < -0.4 is 0 Å². The molecule has 0 radical (unpaired) electrons. The molecule has 0 aromatic heterocycles. The molecule has 0 aliphatic carbocycles. The van der Waals surface area contributed by atoms with Crippen LogP contribution in [0.15, 0.2) is 0 Å². The third-order valence-electron chi connectivity index (χ3n) is 5.01. The summed E-state index contributed by atoms with van der Waals surface area (Å²) in [6.07, 6.45) is 2.83. The van der Waals surface area contributed by atoms with Crippen LogP contribution in [0, 0.1) is 11.8 Å². The van der Waals surface area contributed by atoms with Gasteiger partial charge in [-0.2, -0.15) is 0 Å². The topological polar surface area (TPSA) is 6.48 Å². The maximum absolute atomic E-state index is 2.66. The van der Waals surface area contributed by atoms with E-state index in [-0.39, 0.29) is 0 Å².